The highest BCUT2D eigenvalue weighted by atomic mass is 16.8. The van der Waals surface area contributed by atoms with E-state index in [9.17, 15) is 9.59 Å². The molecule has 384 valence electrons. The molecule has 0 amide bonds. The zero-order valence-corrected chi connectivity index (χ0v) is 41.7. The topological polar surface area (TPSA) is 136 Å². The van der Waals surface area contributed by atoms with Gasteiger partial charge in [-0.25, -0.2) is 4.79 Å². The first-order valence-electron chi connectivity index (χ1n) is 24.8. The Morgan fingerprint density at radius 1 is 0.507 bits per heavy atom. The van der Waals surface area contributed by atoms with Crippen LogP contribution in [-0.2, 0) is 101 Å². The van der Waals surface area contributed by atoms with E-state index in [1.165, 1.54) is 0 Å². The maximum Gasteiger partial charge on any atom is 0.332 e. The average molecular weight is 995 g/mol. The quantitative estimate of drug-likeness (QED) is 0.0378. The van der Waals surface area contributed by atoms with Crippen LogP contribution in [0.1, 0.15) is 54.2 Å². The van der Waals surface area contributed by atoms with Gasteiger partial charge < -0.3 is 56.9 Å². The Hall–Kier alpha value is -5.94. The Bertz CT molecular complexity index is 2510. The Morgan fingerprint density at radius 2 is 0.904 bits per heavy atom. The van der Waals surface area contributed by atoms with E-state index in [4.69, 9.17) is 52.1 Å². The molecule has 6 aromatic rings. The van der Waals surface area contributed by atoms with Crippen LogP contribution in [0, 0.1) is 0 Å². The lowest BCUT2D eigenvalue weighted by molar-refractivity contribution is -0.396. The number of rotatable bonds is 26. The summed E-state index contributed by atoms with van der Waals surface area (Å²) >= 11 is 0. The van der Waals surface area contributed by atoms with Gasteiger partial charge in [-0.2, -0.15) is 0 Å². The van der Waals surface area contributed by atoms with Crippen molar-refractivity contribution in [1.82, 2.24) is 0 Å². The normalized spacial score (nSPS) is 24.0. The molecule has 0 N–H and O–H groups in total. The fourth-order valence-electron chi connectivity index (χ4n) is 8.75. The highest BCUT2D eigenvalue weighted by Gasteiger charge is 2.62. The van der Waals surface area contributed by atoms with Crippen molar-refractivity contribution in [3.05, 3.63) is 215 Å². The Kier molecular flexibility index (Phi) is 19.6. The monoisotopic (exact) mass is 994 g/mol. The van der Waals surface area contributed by atoms with Gasteiger partial charge in [-0.3, -0.25) is 0 Å². The fourth-order valence-corrected chi connectivity index (χ4v) is 8.75. The van der Waals surface area contributed by atoms with E-state index in [1.54, 1.807) is 20.8 Å². The van der Waals surface area contributed by atoms with Crippen LogP contribution in [-0.4, -0.2) is 92.5 Å². The van der Waals surface area contributed by atoms with E-state index >= 15 is 0 Å². The summed E-state index contributed by atoms with van der Waals surface area (Å²) in [5.74, 6) is -2.44. The Balaban J connectivity index is 1.21. The van der Waals surface area contributed by atoms with Crippen LogP contribution < -0.4 is 0 Å². The molecule has 0 aromatic heterocycles. The molecule has 6 aromatic carbocycles. The summed E-state index contributed by atoms with van der Waals surface area (Å²) in [6.07, 6.45) is -7.70. The van der Waals surface area contributed by atoms with Crippen molar-refractivity contribution in [3.63, 3.8) is 0 Å². The van der Waals surface area contributed by atoms with Gasteiger partial charge in [-0.15, -0.1) is 0 Å². The van der Waals surface area contributed by atoms with E-state index in [1.807, 2.05) is 182 Å². The lowest BCUT2D eigenvalue weighted by atomic mass is 9.97. The van der Waals surface area contributed by atoms with Crippen LogP contribution in [0.4, 0.5) is 0 Å². The van der Waals surface area contributed by atoms with Crippen molar-refractivity contribution in [2.45, 2.75) is 121 Å². The van der Waals surface area contributed by atoms with E-state index in [2.05, 4.69) is 0 Å². The third-order valence-corrected chi connectivity index (χ3v) is 12.2. The van der Waals surface area contributed by atoms with Gasteiger partial charge in [-0.1, -0.05) is 182 Å². The summed E-state index contributed by atoms with van der Waals surface area (Å²) < 4.78 is 74.1. The first-order valence-corrected chi connectivity index (χ1v) is 24.8. The SMILES string of the molecule is CC(C)(C)OC(=O)COC[C@H]1O[C@H](O[C@]2(COCc3ccccc3)O[C@H](C=O)[C@@H](OCc3ccccc3)[C@@H]2OCc2ccccc2)[C@H](OCc2ccccc2)[C@@H](OCc2ccccc2)[C@@H]1OCc1ccccc1. The van der Waals surface area contributed by atoms with Crippen LogP contribution in [0.25, 0.3) is 0 Å². The number of benzene rings is 6. The fraction of sp³-hybridized carbons (Fsp3) is 0.367. The highest BCUT2D eigenvalue weighted by molar-refractivity contribution is 5.71. The van der Waals surface area contributed by atoms with Crippen LogP contribution in [0.15, 0.2) is 182 Å². The summed E-state index contributed by atoms with van der Waals surface area (Å²) in [4.78, 5) is 26.4. The zero-order chi connectivity index (χ0) is 50.7. The van der Waals surface area contributed by atoms with Crippen LogP contribution in [0.3, 0.4) is 0 Å². The minimum Gasteiger partial charge on any atom is -0.458 e. The number of ether oxygens (including phenoxy) is 11. The van der Waals surface area contributed by atoms with Crippen molar-refractivity contribution in [1.29, 1.82) is 0 Å². The van der Waals surface area contributed by atoms with Crippen molar-refractivity contribution in [2.24, 2.45) is 0 Å². The standard InChI is InChI=1S/C60H66O13/c1-59(2,3)72-52(62)42-63-41-51-53(65-36-45-24-12-5-13-25-45)55(67-38-47-28-16-7-17-29-47)56(68-39-48-30-18-8-19-31-48)58(70-51)73-60(43-64-35-44-22-10-4-11-23-44)57(69-40-49-32-20-9-21-33-49)54(50(34-61)71-60)66-37-46-26-14-6-15-27-46/h4-34,50-51,53-58H,35-43H2,1-3H3/t50-,51-,53-,54-,55+,56-,57+,58-,60+/m1/s1. The molecular formula is C60H66O13. The van der Waals surface area contributed by atoms with E-state index in [0.717, 1.165) is 33.4 Å². The second kappa shape index (κ2) is 26.8. The predicted molar refractivity (Wildman–Crippen MR) is 271 cm³/mol. The molecule has 73 heavy (non-hydrogen) atoms. The molecule has 0 unspecified atom stereocenters. The van der Waals surface area contributed by atoms with Crippen LogP contribution >= 0.6 is 0 Å². The molecule has 13 heteroatoms. The minimum atomic E-state index is -1.89. The van der Waals surface area contributed by atoms with Crippen LogP contribution in [0.2, 0.25) is 0 Å². The molecule has 2 heterocycles. The molecule has 2 fully saturated rings. The summed E-state index contributed by atoms with van der Waals surface area (Å²) in [6, 6.07) is 58.3. The molecular weight excluding hydrogens is 929 g/mol. The largest absolute Gasteiger partial charge is 0.458 e. The molecule has 0 saturated carbocycles. The molecule has 0 aliphatic carbocycles. The maximum absolute atomic E-state index is 13.4. The second-order valence-corrected chi connectivity index (χ2v) is 19.0. The summed E-state index contributed by atoms with van der Waals surface area (Å²) in [7, 11) is 0. The first kappa shape index (κ1) is 53.4. The number of carbonyl (C=O) groups excluding carboxylic acids is 2. The Morgan fingerprint density at radius 3 is 1.34 bits per heavy atom. The van der Waals surface area contributed by atoms with Crippen molar-refractivity contribution >= 4 is 12.3 Å². The average Bonchev–Trinajstić information content (AvgIpc) is 3.70. The molecule has 0 radical (unpaired) electrons. The Labute approximate surface area is 428 Å². The summed E-state index contributed by atoms with van der Waals surface area (Å²) in [5, 5.41) is 0. The van der Waals surface area contributed by atoms with Crippen molar-refractivity contribution in [3.8, 4) is 0 Å². The van der Waals surface area contributed by atoms with Crippen LogP contribution in [0.5, 0.6) is 0 Å². The predicted octanol–water partition coefficient (Wildman–Crippen LogP) is 9.52. The molecule has 0 spiro atoms. The molecule has 2 aliphatic heterocycles. The summed E-state index contributed by atoms with van der Waals surface area (Å²) in [6.45, 7) is 5.49. The van der Waals surface area contributed by atoms with Gasteiger partial charge in [0.25, 0.3) is 0 Å². The first-order chi connectivity index (χ1) is 35.6. The van der Waals surface area contributed by atoms with Crippen molar-refractivity contribution in [2.75, 3.05) is 19.8 Å². The minimum absolute atomic E-state index is 0.105. The third-order valence-electron chi connectivity index (χ3n) is 12.2. The number of carbonyl (C=O) groups is 2. The van der Waals surface area contributed by atoms with E-state index < -0.39 is 66.4 Å². The molecule has 8 rings (SSSR count). The smallest absolute Gasteiger partial charge is 0.332 e. The maximum atomic E-state index is 13.4. The lowest BCUT2D eigenvalue weighted by Crippen LogP contribution is -2.65. The number of esters is 1. The van der Waals surface area contributed by atoms with E-state index in [0.29, 0.717) is 6.29 Å². The molecule has 13 nitrogen and oxygen atoms in total. The van der Waals surface area contributed by atoms with E-state index in [-0.39, 0.29) is 59.5 Å². The lowest BCUT2D eigenvalue weighted by Gasteiger charge is -2.48. The van der Waals surface area contributed by atoms with Gasteiger partial charge in [0.1, 0.15) is 61.5 Å². The highest BCUT2D eigenvalue weighted by Crippen LogP contribution is 2.42. The van der Waals surface area contributed by atoms with Gasteiger partial charge >= 0.3 is 5.97 Å². The summed E-state index contributed by atoms with van der Waals surface area (Å²) in [5.41, 5.74) is 4.60. The molecule has 9 atom stereocenters. The van der Waals surface area contributed by atoms with Gasteiger partial charge in [0.05, 0.1) is 46.2 Å². The number of hydrogen-bond donors (Lipinski definition) is 0. The van der Waals surface area contributed by atoms with Gasteiger partial charge in [0.2, 0.25) is 5.79 Å². The second-order valence-electron chi connectivity index (χ2n) is 19.0. The molecule has 2 aliphatic rings. The number of aldehydes is 1. The van der Waals surface area contributed by atoms with Crippen molar-refractivity contribution < 1.29 is 61.7 Å². The van der Waals surface area contributed by atoms with Gasteiger partial charge in [-0.05, 0) is 54.2 Å². The van der Waals surface area contributed by atoms with Gasteiger partial charge in [0, 0.05) is 0 Å². The number of hydrogen-bond acceptors (Lipinski definition) is 13. The third kappa shape index (κ3) is 15.8. The van der Waals surface area contributed by atoms with Gasteiger partial charge in [0.15, 0.2) is 12.6 Å². The molecule has 2 saturated heterocycles. The molecule has 0 bridgehead atoms. The zero-order valence-electron chi connectivity index (χ0n) is 41.7.